The normalized spacial score (nSPS) is 9.84. The van der Waals surface area contributed by atoms with Gasteiger partial charge in [-0.15, -0.1) is 0 Å². The summed E-state index contributed by atoms with van der Waals surface area (Å²) in [6.07, 6.45) is 6.23. The van der Waals surface area contributed by atoms with Crippen LogP contribution in [-0.2, 0) is 4.74 Å². The number of carboxylic acid groups (broad SMARTS) is 1. The van der Waals surface area contributed by atoms with Crippen LogP contribution in [0.5, 0.6) is 0 Å². The van der Waals surface area contributed by atoms with Gasteiger partial charge in [-0.05, 0) is 38.1 Å². The summed E-state index contributed by atoms with van der Waals surface area (Å²) in [4.78, 5) is 38.3. The summed E-state index contributed by atoms with van der Waals surface area (Å²) in [7, 11) is 1.32. The molecule has 0 aromatic carbocycles. The van der Waals surface area contributed by atoms with Crippen molar-refractivity contribution in [2.75, 3.05) is 7.11 Å². The molecular weight excluding hydrogens is 416 g/mol. The van der Waals surface area contributed by atoms with Gasteiger partial charge >= 0.3 is 11.9 Å². The van der Waals surface area contributed by atoms with Gasteiger partial charge in [-0.1, -0.05) is 7.43 Å². The Morgan fingerprint density at radius 1 is 0.812 bits per heavy atom. The summed E-state index contributed by atoms with van der Waals surface area (Å²) in [5.74, 6) is -0.921. The van der Waals surface area contributed by atoms with E-state index >= 15 is 0 Å². The molecule has 0 bridgehead atoms. The predicted molar refractivity (Wildman–Crippen MR) is 113 cm³/mol. The Hall–Kier alpha value is -4.48. The summed E-state index contributed by atoms with van der Waals surface area (Å²) >= 11 is 0. The van der Waals surface area contributed by atoms with Crippen LogP contribution in [0.3, 0.4) is 0 Å². The number of aromatic nitrogens is 8. The van der Waals surface area contributed by atoms with E-state index in [1.807, 2.05) is 0 Å². The highest BCUT2D eigenvalue weighted by Gasteiger charge is 2.17. The summed E-state index contributed by atoms with van der Waals surface area (Å²) in [6, 6.07) is 6.44. The van der Waals surface area contributed by atoms with E-state index in [-0.39, 0.29) is 19.1 Å². The molecule has 4 aromatic rings. The quantitative estimate of drug-likeness (QED) is 0.469. The highest BCUT2D eigenvalue weighted by atomic mass is 16.5. The van der Waals surface area contributed by atoms with Crippen LogP contribution in [0.1, 0.15) is 39.8 Å². The third kappa shape index (κ3) is 5.36. The molecular formula is C20H22N8O4. The second-order valence-electron chi connectivity index (χ2n) is 6.06. The molecule has 1 N–H and O–H groups in total. The van der Waals surface area contributed by atoms with Gasteiger partial charge in [-0.2, -0.15) is 19.6 Å². The van der Waals surface area contributed by atoms with Crippen LogP contribution in [0, 0.1) is 13.8 Å². The first-order valence-corrected chi connectivity index (χ1v) is 8.90. The molecule has 0 unspecified atom stereocenters. The number of aryl methyl sites for hydroxylation is 2. The van der Waals surface area contributed by atoms with Crippen LogP contribution in [0.4, 0.5) is 0 Å². The maximum absolute atomic E-state index is 11.5. The third-order valence-electron chi connectivity index (χ3n) is 3.76. The van der Waals surface area contributed by atoms with Crippen molar-refractivity contribution in [2.45, 2.75) is 21.3 Å². The first kappa shape index (κ1) is 23.8. The number of aromatic carboxylic acids is 1. The van der Waals surface area contributed by atoms with Crippen LogP contribution in [-0.4, -0.2) is 63.7 Å². The maximum atomic E-state index is 11.5. The first-order valence-electron chi connectivity index (χ1n) is 8.90. The van der Waals surface area contributed by atoms with Crippen molar-refractivity contribution in [1.82, 2.24) is 39.5 Å². The van der Waals surface area contributed by atoms with Gasteiger partial charge in [0.25, 0.3) is 11.9 Å². The van der Waals surface area contributed by atoms with Crippen molar-refractivity contribution in [2.24, 2.45) is 0 Å². The molecule has 12 heteroatoms. The smallest absolute Gasteiger partial charge is 0.356 e. The monoisotopic (exact) mass is 438 g/mol. The molecule has 12 nitrogen and oxygen atoms in total. The number of methoxy groups -OCH3 is 1. The lowest BCUT2D eigenvalue weighted by atomic mass is 10.4. The van der Waals surface area contributed by atoms with Gasteiger partial charge in [0.2, 0.25) is 0 Å². The molecule has 4 aromatic heterocycles. The Morgan fingerprint density at radius 2 is 1.22 bits per heavy atom. The van der Waals surface area contributed by atoms with E-state index in [0.717, 1.165) is 0 Å². The molecule has 4 heterocycles. The average molecular weight is 438 g/mol. The molecule has 0 saturated carbocycles. The van der Waals surface area contributed by atoms with Gasteiger partial charge in [0.05, 0.1) is 18.5 Å². The van der Waals surface area contributed by atoms with Crippen LogP contribution in [0.15, 0.2) is 49.1 Å². The second kappa shape index (κ2) is 10.5. The molecule has 0 aliphatic rings. The number of esters is 1. The highest BCUT2D eigenvalue weighted by Crippen LogP contribution is 2.09. The van der Waals surface area contributed by atoms with E-state index in [0.29, 0.717) is 23.0 Å². The van der Waals surface area contributed by atoms with Gasteiger partial charge in [-0.3, -0.25) is 0 Å². The number of hydrogen-bond acceptors (Lipinski definition) is 9. The number of rotatable bonds is 4. The summed E-state index contributed by atoms with van der Waals surface area (Å²) < 4.78 is 7.22. The minimum Gasteiger partial charge on any atom is -0.477 e. The van der Waals surface area contributed by atoms with Gasteiger partial charge in [0.1, 0.15) is 0 Å². The van der Waals surface area contributed by atoms with E-state index in [9.17, 15) is 9.59 Å². The predicted octanol–water partition coefficient (Wildman–Crippen LogP) is 2.06. The van der Waals surface area contributed by atoms with Crippen molar-refractivity contribution >= 4 is 11.9 Å². The van der Waals surface area contributed by atoms with Crippen molar-refractivity contribution in [1.29, 1.82) is 0 Å². The number of carbonyl (C=O) groups is 2. The lowest BCUT2D eigenvalue weighted by Gasteiger charge is -2.02. The van der Waals surface area contributed by atoms with E-state index in [2.05, 4.69) is 34.9 Å². The Bertz CT molecular complexity index is 1190. The zero-order valence-electron chi connectivity index (χ0n) is 16.9. The molecule has 166 valence electrons. The summed E-state index contributed by atoms with van der Waals surface area (Å²) in [5, 5.41) is 17.1. The maximum Gasteiger partial charge on any atom is 0.356 e. The molecule has 0 radical (unpaired) electrons. The minimum atomic E-state index is -1.05. The van der Waals surface area contributed by atoms with Gasteiger partial charge < -0.3 is 9.84 Å². The molecule has 0 atom stereocenters. The molecule has 32 heavy (non-hydrogen) atoms. The molecule has 0 spiro atoms. The zero-order valence-corrected chi connectivity index (χ0v) is 16.9. The van der Waals surface area contributed by atoms with Crippen LogP contribution < -0.4 is 0 Å². The van der Waals surface area contributed by atoms with Crippen LogP contribution in [0.2, 0.25) is 0 Å². The Labute approximate surface area is 183 Å². The van der Waals surface area contributed by atoms with Crippen molar-refractivity contribution < 1.29 is 19.4 Å². The summed E-state index contributed by atoms with van der Waals surface area (Å²) in [6.45, 7) is 3.50. The molecule has 0 fully saturated rings. The minimum absolute atomic E-state index is 0. The topological polar surface area (TPSA) is 151 Å². The Morgan fingerprint density at radius 3 is 1.62 bits per heavy atom. The number of carbonyl (C=O) groups excluding carboxylic acids is 1. The number of nitrogens with zero attached hydrogens (tertiary/aromatic N) is 8. The van der Waals surface area contributed by atoms with Gasteiger partial charge in [0.15, 0.2) is 11.4 Å². The number of ether oxygens (including phenoxy) is 1. The van der Waals surface area contributed by atoms with Crippen molar-refractivity contribution in [3.05, 3.63) is 71.8 Å². The van der Waals surface area contributed by atoms with E-state index in [4.69, 9.17) is 5.11 Å². The average Bonchev–Trinajstić information content (AvgIpc) is 3.38. The van der Waals surface area contributed by atoms with E-state index in [1.165, 1.54) is 34.9 Å². The Kier molecular flexibility index (Phi) is 7.82. The fourth-order valence-corrected chi connectivity index (χ4v) is 2.51. The fourth-order valence-electron chi connectivity index (χ4n) is 2.51. The molecule has 0 aliphatic heterocycles. The SMILES string of the molecule is C.COC(=O)c1cc(C)nn1-c1ncccn1.Cc1cc(C(=O)O)n(-c2ncccn2)n1. The van der Waals surface area contributed by atoms with Crippen molar-refractivity contribution in [3.8, 4) is 11.9 Å². The number of carboxylic acids is 1. The van der Waals surface area contributed by atoms with Crippen LogP contribution in [0.25, 0.3) is 11.9 Å². The largest absolute Gasteiger partial charge is 0.477 e. The lowest BCUT2D eigenvalue weighted by Crippen LogP contribution is -2.12. The zero-order chi connectivity index (χ0) is 22.4. The standard InChI is InChI=1S/C10H10N4O2.C9H8N4O2.CH4/c1-7-6-8(9(15)16-2)14(13-7)10-11-4-3-5-12-10;1-6-5-7(8(14)15)13(12-6)9-10-3-2-4-11-9;/h3-6H,1-2H3;2-5H,1H3,(H,14,15);1H4. The van der Waals surface area contributed by atoms with E-state index < -0.39 is 11.9 Å². The van der Waals surface area contributed by atoms with Crippen molar-refractivity contribution in [3.63, 3.8) is 0 Å². The molecule has 0 saturated heterocycles. The first-order chi connectivity index (χ1) is 14.9. The molecule has 0 aliphatic carbocycles. The lowest BCUT2D eigenvalue weighted by molar-refractivity contribution is 0.0589. The molecule has 4 rings (SSSR count). The summed E-state index contributed by atoms with van der Waals surface area (Å²) in [5.41, 5.74) is 1.68. The molecule has 0 amide bonds. The van der Waals surface area contributed by atoms with Gasteiger partial charge in [0, 0.05) is 24.8 Å². The van der Waals surface area contributed by atoms with E-state index in [1.54, 1.807) is 44.4 Å². The van der Waals surface area contributed by atoms with Crippen LogP contribution >= 0.6 is 0 Å². The third-order valence-corrected chi connectivity index (χ3v) is 3.76. The second-order valence-corrected chi connectivity index (χ2v) is 6.06. The fraction of sp³-hybridized carbons (Fsp3) is 0.200. The van der Waals surface area contributed by atoms with Gasteiger partial charge in [-0.25, -0.2) is 29.5 Å². The Balaban J connectivity index is 0.000000220. The number of hydrogen-bond donors (Lipinski definition) is 1. The highest BCUT2D eigenvalue weighted by molar-refractivity contribution is 5.88.